The first kappa shape index (κ1) is 16.0. The van der Waals surface area contributed by atoms with E-state index in [1.165, 1.54) is 12.0 Å². The van der Waals surface area contributed by atoms with E-state index in [2.05, 4.69) is 24.4 Å². The van der Waals surface area contributed by atoms with Crippen molar-refractivity contribution in [2.45, 2.75) is 58.5 Å². The molecule has 1 aromatic carbocycles. The fourth-order valence-corrected chi connectivity index (χ4v) is 3.28. The molecule has 1 fully saturated rings. The zero-order chi connectivity index (χ0) is 15.5. The van der Waals surface area contributed by atoms with Crippen molar-refractivity contribution in [3.63, 3.8) is 0 Å². The molecule has 21 heavy (non-hydrogen) atoms. The van der Waals surface area contributed by atoms with E-state index in [1.54, 1.807) is 0 Å². The van der Waals surface area contributed by atoms with Crippen molar-refractivity contribution < 1.29 is 9.90 Å². The second kappa shape index (κ2) is 6.61. The highest BCUT2D eigenvalue weighted by Crippen LogP contribution is 2.31. The first-order valence-corrected chi connectivity index (χ1v) is 7.93. The summed E-state index contributed by atoms with van der Waals surface area (Å²) in [5.74, 6) is 0.537. The van der Waals surface area contributed by atoms with Gasteiger partial charge in [0.05, 0.1) is 12.0 Å². The summed E-state index contributed by atoms with van der Waals surface area (Å²) in [4.78, 5) is 12.1. The van der Waals surface area contributed by atoms with Gasteiger partial charge in [0.25, 0.3) is 0 Å². The Labute approximate surface area is 127 Å². The summed E-state index contributed by atoms with van der Waals surface area (Å²) in [5, 5.41) is 13.5. The molecule has 2 rings (SSSR count). The van der Waals surface area contributed by atoms with Crippen molar-refractivity contribution in [2.75, 3.05) is 6.54 Å². The average Bonchev–Trinajstić information content (AvgIpc) is 2.41. The van der Waals surface area contributed by atoms with Crippen LogP contribution in [-0.2, 0) is 11.2 Å². The predicted octanol–water partition coefficient (Wildman–Crippen LogP) is 2.90. The van der Waals surface area contributed by atoms with Gasteiger partial charge in [0.1, 0.15) is 0 Å². The van der Waals surface area contributed by atoms with Crippen molar-refractivity contribution >= 4 is 5.91 Å². The van der Waals surface area contributed by atoms with E-state index in [0.717, 1.165) is 30.4 Å². The molecule has 0 radical (unpaired) electrons. The van der Waals surface area contributed by atoms with Crippen molar-refractivity contribution in [3.8, 4) is 0 Å². The minimum Gasteiger partial charge on any atom is -0.388 e. The van der Waals surface area contributed by atoms with E-state index in [4.69, 9.17) is 0 Å². The molecule has 1 amide bonds. The van der Waals surface area contributed by atoms with Gasteiger partial charge in [-0.15, -0.1) is 0 Å². The summed E-state index contributed by atoms with van der Waals surface area (Å²) in [6.45, 7) is 6.61. The maximum Gasteiger partial charge on any atom is 0.224 e. The van der Waals surface area contributed by atoms with Crippen LogP contribution in [0.5, 0.6) is 0 Å². The molecule has 1 aromatic rings. The van der Waals surface area contributed by atoms with Crippen molar-refractivity contribution in [3.05, 3.63) is 34.9 Å². The number of hydrogen-bond acceptors (Lipinski definition) is 2. The topological polar surface area (TPSA) is 49.3 Å². The highest BCUT2D eigenvalue weighted by atomic mass is 16.3. The van der Waals surface area contributed by atoms with Gasteiger partial charge in [-0.05, 0) is 43.7 Å². The Balaban J connectivity index is 1.88. The standard InChI is InChI=1S/C18H27NO2/c1-13-6-7-15(3)16(9-13)10-17(20)19-12-18(21)8-4-5-14(2)11-18/h6-7,9,14,21H,4-5,8,10-12H2,1-3H3,(H,19,20). The van der Waals surface area contributed by atoms with Crippen molar-refractivity contribution in [1.82, 2.24) is 5.32 Å². The van der Waals surface area contributed by atoms with Crippen LogP contribution in [0.15, 0.2) is 18.2 Å². The molecule has 1 aliphatic rings. The summed E-state index contributed by atoms with van der Waals surface area (Å²) in [7, 11) is 0. The third kappa shape index (κ3) is 4.57. The highest BCUT2D eigenvalue weighted by Gasteiger charge is 2.32. The lowest BCUT2D eigenvalue weighted by Gasteiger charge is -2.35. The average molecular weight is 289 g/mol. The van der Waals surface area contributed by atoms with Crippen molar-refractivity contribution in [1.29, 1.82) is 0 Å². The quantitative estimate of drug-likeness (QED) is 0.895. The number of hydrogen-bond donors (Lipinski definition) is 2. The van der Waals surface area contributed by atoms with Gasteiger partial charge in [0.2, 0.25) is 5.91 Å². The molecule has 0 aromatic heterocycles. The number of carbonyl (C=O) groups is 1. The first-order chi connectivity index (χ1) is 9.88. The monoisotopic (exact) mass is 289 g/mol. The summed E-state index contributed by atoms with van der Waals surface area (Å²) in [6, 6.07) is 6.17. The molecule has 0 bridgehead atoms. The van der Waals surface area contributed by atoms with E-state index < -0.39 is 5.60 Å². The van der Waals surface area contributed by atoms with Crippen LogP contribution in [0.2, 0.25) is 0 Å². The lowest BCUT2D eigenvalue weighted by atomic mass is 9.79. The highest BCUT2D eigenvalue weighted by molar-refractivity contribution is 5.79. The Morgan fingerprint density at radius 1 is 1.43 bits per heavy atom. The van der Waals surface area contributed by atoms with Gasteiger partial charge < -0.3 is 10.4 Å². The molecule has 2 N–H and O–H groups in total. The van der Waals surface area contributed by atoms with Gasteiger partial charge in [-0.25, -0.2) is 0 Å². The smallest absolute Gasteiger partial charge is 0.224 e. The van der Waals surface area contributed by atoms with Crippen LogP contribution in [0.1, 0.15) is 49.3 Å². The SMILES string of the molecule is Cc1ccc(C)c(CC(=O)NCC2(O)CCCC(C)C2)c1. The van der Waals surface area contributed by atoms with E-state index >= 15 is 0 Å². The van der Waals surface area contributed by atoms with Crippen molar-refractivity contribution in [2.24, 2.45) is 5.92 Å². The molecule has 1 aliphatic carbocycles. The molecule has 2 unspecified atom stereocenters. The Hall–Kier alpha value is -1.35. The molecule has 1 saturated carbocycles. The zero-order valence-corrected chi connectivity index (χ0v) is 13.4. The number of carbonyl (C=O) groups excluding carboxylic acids is 1. The van der Waals surface area contributed by atoms with Crippen LogP contribution in [-0.4, -0.2) is 23.2 Å². The van der Waals surface area contributed by atoms with Gasteiger partial charge in [-0.1, -0.05) is 43.5 Å². The van der Waals surface area contributed by atoms with Crippen LogP contribution in [0.25, 0.3) is 0 Å². The largest absolute Gasteiger partial charge is 0.388 e. The van der Waals surface area contributed by atoms with Gasteiger partial charge in [-0.2, -0.15) is 0 Å². The van der Waals surface area contributed by atoms with Crippen LogP contribution in [0, 0.1) is 19.8 Å². The minimum atomic E-state index is -0.713. The van der Waals surface area contributed by atoms with E-state index in [9.17, 15) is 9.90 Å². The number of benzene rings is 1. The van der Waals surface area contributed by atoms with E-state index in [-0.39, 0.29) is 5.91 Å². The van der Waals surface area contributed by atoms with Crippen LogP contribution >= 0.6 is 0 Å². The fraction of sp³-hybridized carbons (Fsp3) is 0.611. The number of amides is 1. The predicted molar refractivity (Wildman–Crippen MR) is 85.2 cm³/mol. The Bertz CT molecular complexity index is 512. The molecule has 0 aliphatic heterocycles. The number of nitrogens with one attached hydrogen (secondary N) is 1. The lowest BCUT2D eigenvalue weighted by molar-refractivity contribution is -0.122. The van der Waals surface area contributed by atoms with E-state index in [0.29, 0.717) is 18.9 Å². The molecule has 3 nitrogen and oxygen atoms in total. The van der Waals surface area contributed by atoms with Gasteiger partial charge >= 0.3 is 0 Å². The normalized spacial score (nSPS) is 25.6. The second-order valence-electron chi connectivity index (χ2n) is 6.81. The van der Waals surface area contributed by atoms with Crippen LogP contribution in [0.3, 0.4) is 0 Å². The summed E-state index contributed by atoms with van der Waals surface area (Å²) in [5.41, 5.74) is 2.66. The van der Waals surface area contributed by atoms with Gasteiger partial charge in [0.15, 0.2) is 0 Å². The number of aryl methyl sites for hydroxylation is 2. The fourth-order valence-electron chi connectivity index (χ4n) is 3.28. The molecule has 116 valence electrons. The molecule has 3 heteroatoms. The van der Waals surface area contributed by atoms with Crippen LogP contribution < -0.4 is 5.32 Å². The van der Waals surface area contributed by atoms with Gasteiger partial charge in [-0.3, -0.25) is 4.79 Å². The Morgan fingerprint density at radius 3 is 2.90 bits per heavy atom. The van der Waals surface area contributed by atoms with Crippen LogP contribution in [0.4, 0.5) is 0 Å². The zero-order valence-electron chi connectivity index (χ0n) is 13.4. The molecule has 0 heterocycles. The third-order valence-electron chi connectivity index (χ3n) is 4.54. The summed E-state index contributed by atoms with van der Waals surface area (Å²) >= 11 is 0. The maximum atomic E-state index is 12.1. The molecule has 2 atom stereocenters. The Morgan fingerprint density at radius 2 is 2.19 bits per heavy atom. The summed E-state index contributed by atoms with van der Waals surface area (Å²) < 4.78 is 0. The minimum absolute atomic E-state index is 0.00430. The molecular formula is C18H27NO2. The first-order valence-electron chi connectivity index (χ1n) is 7.93. The van der Waals surface area contributed by atoms with Gasteiger partial charge in [0, 0.05) is 6.54 Å². The molecular weight excluding hydrogens is 262 g/mol. The third-order valence-corrected chi connectivity index (χ3v) is 4.54. The number of rotatable bonds is 4. The summed E-state index contributed by atoms with van der Waals surface area (Å²) in [6.07, 6.45) is 4.19. The Kier molecular flexibility index (Phi) is 5.04. The number of aliphatic hydroxyl groups is 1. The second-order valence-corrected chi connectivity index (χ2v) is 6.81. The maximum absolute atomic E-state index is 12.1. The molecule has 0 spiro atoms. The van der Waals surface area contributed by atoms with E-state index in [1.807, 2.05) is 19.9 Å². The lowest BCUT2D eigenvalue weighted by Crippen LogP contribution is -2.46. The molecule has 0 saturated heterocycles.